The van der Waals surface area contributed by atoms with Gasteiger partial charge < -0.3 is 19.7 Å². The van der Waals surface area contributed by atoms with Gasteiger partial charge in [-0.3, -0.25) is 4.90 Å². The first-order chi connectivity index (χ1) is 12.1. The number of likely N-dealkylation sites (tertiary alicyclic amines) is 1. The van der Waals surface area contributed by atoms with Crippen LogP contribution in [0.5, 0.6) is 0 Å². The summed E-state index contributed by atoms with van der Waals surface area (Å²) in [6, 6.07) is 1.17. The molecule has 4 fully saturated rings. The van der Waals surface area contributed by atoms with Crippen molar-refractivity contribution in [2.45, 2.75) is 75.6 Å². The number of amides is 2. The van der Waals surface area contributed by atoms with Crippen LogP contribution in [-0.4, -0.2) is 72.0 Å². The van der Waals surface area contributed by atoms with Gasteiger partial charge in [0.25, 0.3) is 0 Å². The fourth-order valence-electron chi connectivity index (χ4n) is 5.22. The summed E-state index contributed by atoms with van der Waals surface area (Å²) in [4.78, 5) is 28.3. The second kappa shape index (κ2) is 6.67. The quantitative estimate of drug-likeness (QED) is 0.825. The van der Waals surface area contributed by atoms with Gasteiger partial charge in [-0.15, -0.1) is 0 Å². The van der Waals surface area contributed by atoms with Crippen LogP contribution in [0.2, 0.25) is 0 Å². The Labute approximate surface area is 149 Å². The minimum Gasteiger partial charge on any atom is -0.450 e. The Morgan fingerprint density at radius 3 is 2.48 bits per heavy atom. The fraction of sp³-hybridized carbons (Fsp3) is 0.889. The van der Waals surface area contributed by atoms with Gasteiger partial charge in [0.2, 0.25) is 0 Å². The van der Waals surface area contributed by atoms with E-state index in [4.69, 9.17) is 9.47 Å². The summed E-state index contributed by atoms with van der Waals surface area (Å²) in [7, 11) is 0. The molecule has 4 rings (SSSR count). The highest BCUT2D eigenvalue weighted by molar-refractivity contribution is 5.70. The number of carbonyl (C=O) groups is 2. The van der Waals surface area contributed by atoms with E-state index in [2.05, 4.69) is 10.2 Å². The Kier molecular flexibility index (Phi) is 4.52. The highest BCUT2D eigenvalue weighted by Crippen LogP contribution is 2.38. The lowest BCUT2D eigenvalue weighted by Gasteiger charge is -2.51. The minimum absolute atomic E-state index is 0.128. The second-order valence-corrected chi connectivity index (χ2v) is 7.93. The Morgan fingerprint density at radius 1 is 1.24 bits per heavy atom. The van der Waals surface area contributed by atoms with E-state index in [1.807, 2.05) is 11.8 Å². The van der Waals surface area contributed by atoms with Gasteiger partial charge >= 0.3 is 12.2 Å². The van der Waals surface area contributed by atoms with E-state index in [0.29, 0.717) is 31.3 Å². The summed E-state index contributed by atoms with van der Waals surface area (Å²) in [6.45, 7) is 4.90. The molecule has 4 aliphatic heterocycles. The van der Waals surface area contributed by atoms with Gasteiger partial charge in [-0.05, 0) is 39.0 Å². The van der Waals surface area contributed by atoms with E-state index in [0.717, 1.165) is 51.6 Å². The third-order valence-electron chi connectivity index (χ3n) is 6.52. The van der Waals surface area contributed by atoms with E-state index >= 15 is 0 Å². The average molecular weight is 351 g/mol. The lowest BCUT2D eigenvalue weighted by atomic mass is 9.80. The van der Waals surface area contributed by atoms with Crippen molar-refractivity contribution in [2.75, 3.05) is 26.2 Å². The standard InChI is InChI=1S/C18H29N3O4/c1-2-24-17(23)21-13-4-3-5-14(21)11-15(10-13)20-8-6-18(7-9-20)12-19-16(22)25-18/h13-15H,2-12H2,1H3,(H,19,22). The molecule has 1 N–H and O–H groups in total. The zero-order chi connectivity index (χ0) is 17.4. The molecule has 0 aromatic heterocycles. The zero-order valence-corrected chi connectivity index (χ0v) is 15.0. The summed E-state index contributed by atoms with van der Waals surface area (Å²) in [6.07, 6.45) is 6.88. The number of piperidine rings is 3. The van der Waals surface area contributed by atoms with Crippen LogP contribution in [0.3, 0.4) is 0 Å². The van der Waals surface area contributed by atoms with Crippen molar-refractivity contribution < 1.29 is 19.1 Å². The Bertz CT molecular complexity index is 518. The molecule has 4 heterocycles. The molecule has 2 unspecified atom stereocenters. The molecule has 7 nitrogen and oxygen atoms in total. The number of hydrogen-bond acceptors (Lipinski definition) is 5. The molecule has 0 radical (unpaired) electrons. The predicted octanol–water partition coefficient (Wildman–Crippen LogP) is 2.10. The summed E-state index contributed by atoms with van der Waals surface area (Å²) in [5.74, 6) is 0. The zero-order valence-electron chi connectivity index (χ0n) is 15.0. The molecule has 7 heteroatoms. The van der Waals surface area contributed by atoms with Crippen LogP contribution in [0.4, 0.5) is 9.59 Å². The minimum atomic E-state index is -0.283. The molecule has 0 saturated carbocycles. The molecule has 2 amide bonds. The first-order valence-corrected chi connectivity index (χ1v) is 9.76. The van der Waals surface area contributed by atoms with Crippen LogP contribution in [-0.2, 0) is 9.47 Å². The monoisotopic (exact) mass is 351 g/mol. The normalized spacial score (nSPS) is 34.5. The molecule has 1 spiro atoms. The van der Waals surface area contributed by atoms with Crippen LogP contribution < -0.4 is 5.32 Å². The van der Waals surface area contributed by atoms with Gasteiger partial charge in [0.15, 0.2) is 0 Å². The smallest absolute Gasteiger partial charge is 0.410 e. The van der Waals surface area contributed by atoms with Gasteiger partial charge in [-0.1, -0.05) is 0 Å². The van der Waals surface area contributed by atoms with Gasteiger partial charge in [0.05, 0.1) is 13.2 Å². The Balaban J connectivity index is 1.37. The number of alkyl carbamates (subject to hydrolysis) is 1. The van der Waals surface area contributed by atoms with Crippen molar-refractivity contribution in [1.29, 1.82) is 0 Å². The van der Waals surface area contributed by atoms with Gasteiger partial charge in [0, 0.05) is 44.1 Å². The number of nitrogens with zero attached hydrogens (tertiary/aromatic N) is 2. The van der Waals surface area contributed by atoms with Crippen LogP contribution >= 0.6 is 0 Å². The number of rotatable bonds is 2. The molecule has 4 saturated heterocycles. The van der Waals surface area contributed by atoms with E-state index in [-0.39, 0.29) is 17.8 Å². The number of ether oxygens (including phenoxy) is 2. The van der Waals surface area contributed by atoms with Crippen LogP contribution in [0.15, 0.2) is 0 Å². The van der Waals surface area contributed by atoms with Gasteiger partial charge in [-0.2, -0.15) is 0 Å². The summed E-state index contributed by atoms with van der Waals surface area (Å²) in [5.41, 5.74) is -0.283. The molecular weight excluding hydrogens is 322 g/mol. The molecule has 4 aliphatic rings. The summed E-state index contributed by atoms with van der Waals surface area (Å²) in [5, 5.41) is 2.80. The summed E-state index contributed by atoms with van der Waals surface area (Å²) >= 11 is 0. The molecule has 0 aromatic rings. The molecule has 140 valence electrons. The first kappa shape index (κ1) is 16.9. The fourth-order valence-corrected chi connectivity index (χ4v) is 5.22. The van der Waals surface area contributed by atoms with Crippen molar-refractivity contribution in [1.82, 2.24) is 15.1 Å². The number of carbonyl (C=O) groups excluding carboxylic acids is 2. The number of nitrogens with one attached hydrogen (secondary N) is 1. The van der Waals surface area contributed by atoms with E-state index < -0.39 is 0 Å². The molecule has 0 aromatic carbocycles. The van der Waals surface area contributed by atoms with Crippen molar-refractivity contribution in [3.8, 4) is 0 Å². The Morgan fingerprint density at radius 2 is 1.92 bits per heavy atom. The largest absolute Gasteiger partial charge is 0.450 e. The molecule has 2 atom stereocenters. The first-order valence-electron chi connectivity index (χ1n) is 9.76. The molecule has 2 bridgehead atoms. The SMILES string of the molecule is CCOC(=O)N1C2CCCC1CC(N1CCC3(CC1)CNC(=O)O3)C2. The maximum atomic E-state index is 12.3. The van der Waals surface area contributed by atoms with Crippen LogP contribution in [0.25, 0.3) is 0 Å². The molecule has 0 aliphatic carbocycles. The summed E-state index contributed by atoms with van der Waals surface area (Å²) < 4.78 is 10.8. The maximum Gasteiger partial charge on any atom is 0.410 e. The van der Waals surface area contributed by atoms with E-state index in [1.165, 1.54) is 6.42 Å². The average Bonchev–Trinajstić information content (AvgIpc) is 2.95. The van der Waals surface area contributed by atoms with Gasteiger partial charge in [-0.25, -0.2) is 9.59 Å². The van der Waals surface area contributed by atoms with Crippen LogP contribution in [0, 0.1) is 0 Å². The van der Waals surface area contributed by atoms with Crippen molar-refractivity contribution in [2.24, 2.45) is 0 Å². The lowest BCUT2D eigenvalue weighted by molar-refractivity contribution is -0.0423. The van der Waals surface area contributed by atoms with Crippen LogP contribution in [0.1, 0.15) is 51.9 Å². The number of hydrogen-bond donors (Lipinski definition) is 1. The van der Waals surface area contributed by atoms with Gasteiger partial charge in [0.1, 0.15) is 5.60 Å². The highest BCUT2D eigenvalue weighted by Gasteiger charge is 2.47. The van der Waals surface area contributed by atoms with Crippen molar-refractivity contribution in [3.63, 3.8) is 0 Å². The van der Waals surface area contributed by atoms with E-state index in [9.17, 15) is 9.59 Å². The second-order valence-electron chi connectivity index (χ2n) is 7.93. The maximum absolute atomic E-state index is 12.3. The van der Waals surface area contributed by atoms with Crippen molar-refractivity contribution >= 4 is 12.2 Å². The van der Waals surface area contributed by atoms with Crippen molar-refractivity contribution in [3.05, 3.63) is 0 Å². The molecule has 25 heavy (non-hydrogen) atoms. The predicted molar refractivity (Wildman–Crippen MR) is 91.3 cm³/mol. The molecular formula is C18H29N3O4. The van der Waals surface area contributed by atoms with E-state index in [1.54, 1.807) is 0 Å². The topological polar surface area (TPSA) is 71.1 Å². The third-order valence-corrected chi connectivity index (χ3v) is 6.52. The highest BCUT2D eigenvalue weighted by atomic mass is 16.6. The Hall–Kier alpha value is -1.50. The number of fused-ring (bicyclic) bond motifs is 2. The third kappa shape index (κ3) is 3.18. The lowest BCUT2D eigenvalue weighted by Crippen LogP contribution is -2.60.